The van der Waals surface area contributed by atoms with Gasteiger partial charge < -0.3 is 10.4 Å². The fourth-order valence-corrected chi connectivity index (χ4v) is 3.89. The van der Waals surface area contributed by atoms with E-state index in [1.54, 1.807) is 49.4 Å². The summed E-state index contributed by atoms with van der Waals surface area (Å²) in [6.07, 6.45) is 1.37. The van der Waals surface area contributed by atoms with E-state index < -0.39 is 17.9 Å². The van der Waals surface area contributed by atoms with Crippen LogP contribution in [-0.4, -0.2) is 29.3 Å². The number of nitrogens with one attached hydrogen (secondary N) is 1. The Morgan fingerprint density at radius 1 is 1.19 bits per heavy atom. The number of carboxylic acids is 1. The summed E-state index contributed by atoms with van der Waals surface area (Å²) in [5.74, 6) is -1.74. The van der Waals surface area contributed by atoms with Crippen molar-refractivity contribution < 1.29 is 19.5 Å². The fourth-order valence-electron chi connectivity index (χ4n) is 2.78. The highest BCUT2D eigenvalue weighted by molar-refractivity contribution is 8.68. The number of carbonyl (C=O) groups is 3. The molecule has 142 valence electrons. The number of rotatable bonds is 8. The molecule has 0 aliphatic heterocycles. The van der Waals surface area contributed by atoms with E-state index in [0.29, 0.717) is 33.6 Å². The molecule has 2 atom stereocenters. The van der Waals surface area contributed by atoms with Gasteiger partial charge in [-0.25, -0.2) is 4.79 Å². The molecule has 7 heteroatoms. The first-order chi connectivity index (χ1) is 12.9. The third-order valence-corrected chi connectivity index (χ3v) is 5.68. The van der Waals surface area contributed by atoms with Gasteiger partial charge in [0.1, 0.15) is 6.04 Å². The minimum Gasteiger partial charge on any atom is -0.480 e. The highest BCUT2D eigenvalue weighted by atomic mass is 33.1. The molecule has 0 heterocycles. The number of benzene rings is 2. The summed E-state index contributed by atoms with van der Waals surface area (Å²) in [6.45, 7) is 3.66. The normalized spacial score (nSPS) is 12.9. The van der Waals surface area contributed by atoms with Crippen molar-refractivity contribution in [3.8, 4) is 11.1 Å². The smallest absolute Gasteiger partial charge is 0.326 e. The predicted molar refractivity (Wildman–Crippen MR) is 110 cm³/mol. The van der Waals surface area contributed by atoms with Crippen molar-refractivity contribution in [2.45, 2.75) is 31.2 Å². The van der Waals surface area contributed by atoms with E-state index in [1.807, 2.05) is 6.92 Å². The van der Waals surface area contributed by atoms with E-state index in [2.05, 4.69) is 17.0 Å². The van der Waals surface area contributed by atoms with Gasteiger partial charge in [-0.15, -0.1) is 11.7 Å². The second kappa shape index (κ2) is 9.62. The average molecular weight is 404 g/mol. The second-order valence-electron chi connectivity index (χ2n) is 6.15. The van der Waals surface area contributed by atoms with Crippen molar-refractivity contribution in [2.24, 2.45) is 5.92 Å². The van der Waals surface area contributed by atoms with Gasteiger partial charge in [-0.3, -0.25) is 9.59 Å². The Hall–Kier alpha value is -2.25. The molecule has 27 heavy (non-hydrogen) atoms. The zero-order chi connectivity index (χ0) is 20.0. The van der Waals surface area contributed by atoms with Gasteiger partial charge in [0.2, 0.25) is 0 Å². The number of thiol groups is 1. The van der Waals surface area contributed by atoms with Gasteiger partial charge in [-0.2, -0.15) is 0 Å². The van der Waals surface area contributed by atoms with Crippen LogP contribution in [0.1, 0.15) is 41.0 Å². The van der Waals surface area contributed by atoms with E-state index in [4.69, 9.17) is 0 Å². The highest BCUT2D eigenvalue weighted by Gasteiger charge is 2.27. The Balaban J connectivity index is 2.49. The minimum absolute atomic E-state index is 0.208. The fraction of sp³-hybridized carbons (Fsp3) is 0.250. The number of aliphatic carboxylic acids is 1. The molecule has 2 aromatic rings. The Labute approximate surface area is 167 Å². The molecule has 1 amide bonds. The first kappa shape index (κ1) is 21.1. The summed E-state index contributed by atoms with van der Waals surface area (Å²) in [7, 11) is 1.13. The zero-order valence-electron chi connectivity index (χ0n) is 15.0. The Kier molecular flexibility index (Phi) is 7.50. The Morgan fingerprint density at radius 2 is 1.85 bits per heavy atom. The van der Waals surface area contributed by atoms with Crippen LogP contribution < -0.4 is 5.32 Å². The molecule has 5 nitrogen and oxygen atoms in total. The Bertz CT molecular complexity index is 854. The van der Waals surface area contributed by atoms with E-state index >= 15 is 0 Å². The standard InChI is InChI=1S/C20H21NO4S2/c1-3-12(2)17(20(24)25)21-19(23)16-9-5-4-8-14(16)15-10-6-7-13(11-22)18(15)27-26/h4-12,17,26H,3H2,1-2H3,(H,21,23)(H,24,25). The number of hydrogen-bond donors (Lipinski definition) is 3. The maximum absolute atomic E-state index is 12.9. The number of carbonyl (C=O) groups excluding carboxylic acids is 2. The molecule has 2 N–H and O–H groups in total. The summed E-state index contributed by atoms with van der Waals surface area (Å²) in [5.41, 5.74) is 2.13. The van der Waals surface area contributed by atoms with Gasteiger partial charge in [-0.05, 0) is 23.1 Å². The molecular formula is C20H21NO4S2. The van der Waals surface area contributed by atoms with Crippen LogP contribution >= 0.6 is 22.5 Å². The first-order valence-electron chi connectivity index (χ1n) is 8.47. The maximum atomic E-state index is 12.9. The summed E-state index contributed by atoms with van der Waals surface area (Å²) in [4.78, 5) is 36.4. The molecule has 0 saturated heterocycles. The molecule has 0 fully saturated rings. The minimum atomic E-state index is -1.07. The van der Waals surface area contributed by atoms with Gasteiger partial charge in [0.25, 0.3) is 5.91 Å². The predicted octanol–water partition coefficient (Wildman–Crippen LogP) is 4.33. The molecule has 0 bridgehead atoms. The lowest BCUT2D eigenvalue weighted by Gasteiger charge is -2.21. The molecule has 0 aliphatic carbocycles. The zero-order valence-corrected chi connectivity index (χ0v) is 16.7. The lowest BCUT2D eigenvalue weighted by Crippen LogP contribution is -2.45. The molecule has 0 radical (unpaired) electrons. The number of amides is 1. The van der Waals surface area contributed by atoms with Crippen LogP contribution in [0.15, 0.2) is 47.4 Å². The van der Waals surface area contributed by atoms with Crippen LogP contribution in [0.3, 0.4) is 0 Å². The molecule has 0 aromatic heterocycles. The largest absolute Gasteiger partial charge is 0.480 e. The monoisotopic (exact) mass is 403 g/mol. The summed E-state index contributed by atoms with van der Waals surface area (Å²) in [6, 6.07) is 11.2. The maximum Gasteiger partial charge on any atom is 0.326 e. The van der Waals surface area contributed by atoms with Crippen molar-refractivity contribution in [3.63, 3.8) is 0 Å². The molecule has 0 aliphatic rings. The van der Waals surface area contributed by atoms with Crippen molar-refractivity contribution in [2.75, 3.05) is 0 Å². The third-order valence-electron chi connectivity index (χ3n) is 4.49. The van der Waals surface area contributed by atoms with Gasteiger partial charge >= 0.3 is 5.97 Å². The van der Waals surface area contributed by atoms with Gasteiger partial charge in [0.05, 0.1) is 0 Å². The van der Waals surface area contributed by atoms with Gasteiger partial charge in [0, 0.05) is 16.0 Å². The van der Waals surface area contributed by atoms with E-state index in [9.17, 15) is 19.5 Å². The molecule has 0 saturated carbocycles. The molecule has 0 spiro atoms. The highest BCUT2D eigenvalue weighted by Crippen LogP contribution is 2.37. The quantitative estimate of drug-likeness (QED) is 0.347. The molecule has 2 rings (SSSR count). The van der Waals surface area contributed by atoms with Crippen LogP contribution in [0.4, 0.5) is 0 Å². The summed E-state index contributed by atoms with van der Waals surface area (Å²) in [5, 5.41) is 12.1. The van der Waals surface area contributed by atoms with E-state index in [-0.39, 0.29) is 5.92 Å². The van der Waals surface area contributed by atoms with Crippen LogP contribution in [0.2, 0.25) is 0 Å². The second-order valence-corrected chi connectivity index (χ2v) is 7.29. The van der Waals surface area contributed by atoms with Crippen molar-refractivity contribution >= 4 is 40.6 Å². The summed E-state index contributed by atoms with van der Waals surface area (Å²) >= 11 is 4.24. The topological polar surface area (TPSA) is 83.5 Å². The van der Waals surface area contributed by atoms with Crippen LogP contribution in [-0.2, 0) is 4.79 Å². The SMILES string of the molecule is CCC(C)C(NC(=O)c1ccccc1-c1cccc(C=O)c1SS)C(=O)O. The number of aldehydes is 1. The number of carboxylic acid groups (broad SMARTS) is 1. The van der Waals surface area contributed by atoms with Crippen molar-refractivity contribution in [3.05, 3.63) is 53.6 Å². The third kappa shape index (κ3) is 4.73. The van der Waals surface area contributed by atoms with E-state index in [0.717, 1.165) is 17.1 Å². The molecular weight excluding hydrogens is 382 g/mol. The van der Waals surface area contributed by atoms with Gasteiger partial charge in [-0.1, -0.05) is 67.5 Å². The Morgan fingerprint density at radius 3 is 2.44 bits per heavy atom. The van der Waals surface area contributed by atoms with E-state index in [1.165, 1.54) is 0 Å². The van der Waals surface area contributed by atoms with Gasteiger partial charge in [0.15, 0.2) is 6.29 Å². The lowest BCUT2D eigenvalue weighted by atomic mass is 9.95. The molecule has 2 aromatic carbocycles. The lowest BCUT2D eigenvalue weighted by molar-refractivity contribution is -0.140. The van der Waals surface area contributed by atoms with Crippen LogP contribution in [0.5, 0.6) is 0 Å². The molecule has 2 unspecified atom stereocenters. The first-order valence-corrected chi connectivity index (χ1v) is 10.3. The summed E-state index contributed by atoms with van der Waals surface area (Å²) < 4.78 is 0. The average Bonchev–Trinajstić information content (AvgIpc) is 2.70. The van der Waals surface area contributed by atoms with Crippen molar-refractivity contribution in [1.82, 2.24) is 5.32 Å². The van der Waals surface area contributed by atoms with Crippen LogP contribution in [0, 0.1) is 5.92 Å². The van der Waals surface area contributed by atoms with Crippen molar-refractivity contribution in [1.29, 1.82) is 0 Å². The van der Waals surface area contributed by atoms with Crippen LogP contribution in [0.25, 0.3) is 11.1 Å². The number of hydrogen-bond acceptors (Lipinski definition) is 5.